The Kier molecular flexibility index (Phi) is 16.8. The van der Waals surface area contributed by atoms with Gasteiger partial charge in [-0.3, -0.25) is 19.2 Å². The van der Waals surface area contributed by atoms with Crippen molar-refractivity contribution in [1.82, 2.24) is 15.1 Å². The van der Waals surface area contributed by atoms with Crippen LogP contribution >= 0.6 is 0 Å². The summed E-state index contributed by atoms with van der Waals surface area (Å²) in [6.45, 7) is 8.98. The molecule has 6 rings (SSSR count). The molecule has 1 N–H and O–H groups in total. The molecule has 13 nitrogen and oxygen atoms in total. The van der Waals surface area contributed by atoms with Gasteiger partial charge in [-0.1, -0.05) is 70.4 Å². The minimum Gasteiger partial charge on any atom is -0.496 e. The van der Waals surface area contributed by atoms with E-state index in [0.717, 1.165) is 49.7 Å². The molecular formula is C48H61N3O10. The van der Waals surface area contributed by atoms with Gasteiger partial charge in [0.2, 0.25) is 17.7 Å². The number of ketones is 1. The van der Waals surface area contributed by atoms with E-state index < -0.39 is 35.5 Å². The molecule has 1 unspecified atom stereocenters. The number of methoxy groups -OCH3 is 3. The number of benzene rings is 3. The van der Waals surface area contributed by atoms with Gasteiger partial charge in [0.25, 0.3) is 0 Å². The van der Waals surface area contributed by atoms with Crippen molar-refractivity contribution in [3.63, 3.8) is 0 Å². The first-order chi connectivity index (χ1) is 29.5. The number of carbonyl (C=O) groups is 5. The van der Waals surface area contributed by atoms with Gasteiger partial charge in [-0.15, -0.1) is 0 Å². The quantitative estimate of drug-likeness (QED) is 0.0601. The highest BCUT2D eigenvalue weighted by Gasteiger charge is 2.57. The Morgan fingerprint density at radius 1 is 0.803 bits per heavy atom. The number of rotatable bonds is 23. The van der Waals surface area contributed by atoms with E-state index in [-0.39, 0.29) is 50.3 Å². The zero-order chi connectivity index (χ0) is 44.1. The molecular weight excluding hydrogens is 779 g/mol. The number of Topliss-reactive ketones (excluding diaryl/α,β-unsaturated/α-hetero) is 1. The lowest BCUT2D eigenvalue weighted by Gasteiger charge is -2.49. The Labute approximate surface area is 359 Å². The van der Waals surface area contributed by atoms with Gasteiger partial charge in [-0.2, -0.15) is 0 Å². The lowest BCUT2D eigenvalue weighted by Crippen LogP contribution is -2.56. The standard InChI is InChI=1S/C48H61N3O10/c1-8-11-13-21-51(22-14-12-9-2)47(55)45-43-36-24-33(61-30-31-15-17-32(18-16-31)48(56)60-23-10-3)19-20-35(36)37(27-39(43)52)44(45)46(54)50(4)29-42(53)49-28-38-40(58-6)25-34(57-5)26-41(38)59-7/h10,15-20,24-26,37,43-45H,3,8-9,11-14,21-23,27-30H2,1-2,4-7H3,(H,49,53)/t37?,43-,44-,45+/m1/s1. The van der Waals surface area contributed by atoms with Crippen LogP contribution in [0, 0.1) is 11.8 Å². The van der Waals surface area contributed by atoms with Crippen molar-refractivity contribution in [3.05, 3.63) is 95.1 Å². The highest BCUT2D eigenvalue weighted by atomic mass is 16.5. The van der Waals surface area contributed by atoms with Crippen molar-refractivity contribution in [1.29, 1.82) is 0 Å². The van der Waals surface area contributed by atoms with E-state index in [4.69, 9.17) is 23.7 Å². The van der Waals surface area contributed by atoms with Crippen LogP contribution in [0.5, 0.6) is 23.0 Å². The topological polar surface area (TPSA) is 150 Å². The summed E-state index contributed by atoms with van der Waals surface area (Å²) in [5, 5.41) is 2.89. The third-order valence-electron chi connectivity index (χ3n) is 11.6. The number of esters is 1. The summed E-state index contributed by atoms with van der Waals surface area (Å²) < 4.78 is 27.8. The second-order valence-electron chi connectivity index (χ2n) is 15.7. The summed E-state index contributed by atoms with van der Waals surface area (Å²) in [6, 6.07) is 15.9. The monoisotopic (exact) mass is 839 g/mol. The highest BCUT2D eigenvalue weighted by molar-refractivity contribution is 6.01. The van der Waals surface area contributed by atoms with Crippen molar-refractivity contribution >= 4 is 29.5 Å². The van der Waals surface area contributed by atoms with Crippen molar-refractivity contribution in [2.75, 3.05) is 54.6 Å². The van der Waals surface area contributed by atoms with Crippen LogP contribution in [0.1, 0.15) is 103 Å². The molecule has 2 bridgehead atoms. The third kappa shape index (κ3) is 11.1. The summed E-state index contributed by atoms with van der Waals surface area (Å²) in [6.07, 6.45) is 7.13. The number of nitrogens with one attached hydrogen (secondary N) is 1. The fraction of sp³-hybridized carbons (Fsp3) is 0.479. The largest absolute Gasteiger partial charge is 0.496 e. The SMILES string of the molecule is C=CCOC(=O)c1ccc(COc2ccc3c(c2)[C@@H]2C(=O)CC3[C@@H](C(=O)N(C)CC(=O)NCc3c(OC)cc(OC)cc3OC)[C@H]2C(=O)N(CCCCC)CCCCC)cc1. The van der Waals surface area contributed by atoms with Gasteiger partial charge in [0, 0.05) is 44.6 Å². The number of amides is 3. The molecule has 0 saturated heterocycles. The van der Waals surface area contributed by atoms with Crippen LogP contribution < -0.4 is 24.3 Å². The normalized spacial score (nSPS) is 17.4. The molecule has 1 saturated carbocycles. The summed E-state index contributed by atoms with van der Waals surface area (Å²) in [7, 11) is 6.13. The van der Waals surface area contributed by atoms with Crippen LogP contribution in [0.25, 0.3) is 0 Å². The molecule has 3 aliphatic carbocycles. The number of fused-ring (bicyclic) bond motifs is 2. The third-order valence-corrected chi connectivity index (χ3v) is 11.6. The van der Waals surface area contributed by atoms with E-state index in [9.17, 15) is 24.0 Å². The van der Waals surface area contributed by atoms with Crippen LogP contribution in [-0.2, 0) is 37.1 Å². The predicted molar refractivity (Wildman–Crippen MR) is 231 cm³/mol. The van der Waals surface area contributed by atoms with Crippen molar-refractivity contribution in [2.24, 2.45) is 11.8 Å². The number of nitrogens with zero attached hydrogens (tertiary/aromatic N) is 2. The smallest absolute Gasteiger partial charge is 0.338 e. The Bertz CT molecular complexity index is 2000. The molecule has 0 radical (unpaired) electrons. The molecule has 61 heavy (non-hydrogen) atoms. The molecule has 328 valence electrons. The fourth-order valence-electron chi connectivity index (χ4n) is 8.48. The van der Waals surface area contributed by atoms with Gasteiger partial charge < -0.3 is 38.8 Å². The van der Waals surface area contributed by atoms with Gasteiger partial charge in [0.15, 0.2) is 0 Å². The average molecular weight is 840 g/mol. The number of unbranched alkanes of at least 4 members (excludes halogenated alkanes) is 4. The molecule has 1 fully saturated rings. The molecule has 3 aromatic rings. The van der Waals surface area contributed by atoms with Gasteiger partial charge in [-0.05, 0) is 53.8 Å². The highest BCUT2D eigenvalue weighted by Crippen LogP contribution is 2.55. The maximum atomic E-state index is 15.0. The van der Waals surface area contributed by atoms with Crippen LogP contribution in [0.4, 0.5) is 0 Å². The summed E-state index contributed by atoms with van der Waals surface area (Å²) >= 11 is 0. The van der Waals surface area contributed by atoms with E-state index in [1.54, 1.807) is 43.4 Å². The second kappa shape index (κ2) is 22.1. The number of carbonyl (C=O) groups excluding carboxylic acids is 5. The molecule has 3 aromatic carbocycles. The van der Waals surface area contributed by atoms with E-state index in [1.807, 2.05) is 23.1 Å². The summed E-state index contributed by atoms with van der Waals surface area (Å²) in [4.78, 5) is 72.8. The number of hydrogen-bond acceptors (Lipinski definition) is 10. The van der Waals surface area contributed by atoms with E-state index in [2.05, 4.69) is 25.7 Å². The zero-order valence-electron chi connectivity index (χ0n) is 36.5. The summed E-state index contributed by atoms with van der Waals surface area (Å²) in [5.41, 5.74) is 3.37. The van der Waals surface area contributed by atoms with Crippen LogP contribution in [-0.4, -0.2) is 93.9 Å². The Morgan fingerprint density at radius 2 is 1.46 bits per heavy atom. The molecule has 4 atom stereocenters. The van der Waals surface area contributed by atoms with Gasteiger partial charge in [-0.25, -0.2) is 4.79 Å². The van der Waals surface area contributed by atoms with Gasteiger partial charge in [0.1, 0.15) is 42.0 Å². The second-order valence-corrected chi connectivity index (χ2v) is 15.7. The first-order valence-electron chi connectivity index (χ1n) is 21.3. The first kappa shape index (κ1) is 46.2. The molecule has 13 heteroatoms. The Hall–Kier alpha value is -5.85. The minimum absolute atomic E-state index is 0.0687. The lowest BCUT2D eigenvalue weighted by molar-refractivity contribution is -0.154. The zero-order valence-corrected chi connectivity index (χ0v) is 36.5. The summed E-state index contributed by atoms with van der Waals surface area (Å²) in [5.74, 6) is -2.74. The van der Waals surface area contributed by atoms with Crippen molar-refractivity contribution in [3.8, 4) is 23.0 Å². The molecule has 0 spiro atoms. The number of ether oxygens (including phenoxy) is 5. The molecule has 0 aromatic heterocycles. The van der Waals surface area contributed by atoms with E-state index in [1.165, 1.54) is 32.3 Å². The van der Waals surface area contributed by atoms with Gasteiger partial charge in [0.05, 0.1) is 63.3 Å². The van der Waals surface area contributed by atoms with E-state index in [0.29, 0.717) is 52.8 Å². The van der Waals surface area contributed by atoms with Crippen LogP contribution in [0.15, 0.2) is 67.3 Å². The number of hydrogen-bond donors (Lipinski definition) is 1. The predicted octanol–water partition coefficient (Wildman–Crippen LogP) is 7.00. The van der Waals surface area contributed by atoms with E-state index >= 15 is 0 Å². The average Bonchev–Trinajstić information content (AvgIpc) is 3.27. The van der Waals surface area contributed by atoms with Crippen molar-refractivity contribution < 1.29 is 47.7 Å². The van der Waals surface area contributed by atoms with Crippen molar-refractivity contribution in [2.45, 2.75) is 83.8 Å². The molecule has 0 heterocycles. The van der Waals surface area contributed by atoms with Crippen LogP contribution in [0.3, 0.4) is 0 Å². The Balaban J connectivity index is 1.41. The maximum Gasteiger partial charge on any atom is 0.338 e. The van der Waals surface area contributed by atoms with Crippen LogP contribution in [0.2, 0.25) is 0 Å². The molecule has 3 amide bonds. The van der Waals surface area contributed by atoms with Gasteiger partial charge >= 0.3 is 5.97 Å². The maximum absolute atomic E-state index is 15.0. The molecule has 0 aliphatic heterocycles. The number of likely N-dealkylation sites (N-methyl/N-ethyl adjacent to an activating group) is 1. The Morgan fingerprint density at radius 3 is 2.05 bits per heavy atom. The molecule has 3 aliphatic rings. The lowest BCUT2D eigenvalue weighted by atomic mass is 9.55. The minimum atomic E-state index is -0.948. The first-order valence-corrected chi connectivity index (χ1v) is 21.3. The fourth-order valence-corrected chi connectivity index (χ4v) is 8.48.